The molecule has 1 atom stereocenters. The maximum atomic E-state index is 11.9. The van der Waals surface area contributed by atoms with E-state index in [1.165, 1.54) is 6.26 Å². The number of sulfonamides is 1. The summed E-state index contributed by atoms with van der Waals surface area (Å²) in [6, 6.07) is 0.445. The number of rotatable bonds is 6. The van der Waals surface area contributed by atoms with Crippen LogP contribution in [0.5, 0.6) is 0 Å². The van der Waals surface area contributed by atoms with Gasteiger partial charge in [-0.1, -0.05) is 0 Å². The Morgan fingerprint density at radius 3 is 2.62 bits per heavy atom. The van der Waals surface area contributed by atoms with Crippen molar-refractivity contribution in [3.8, 4) is 0 Å². The molecule has 2 aliphatic rings. The standard InChI is InChI=1S/C15H27N7O2S.HI/c1-11-19-20-14(21(11)2)10-17-15(18-12-6-7-12)16-9-13-5-4-8-22(13)25(3,23)24;/h12-13H,4-10H2,1-3H3,(H2,16,17,18);1H/t13-;/m1./s1. The molecular weight excluding hydrogens is 469 g/mol. The quantitative estimate of drug-likeness (QED) is 0.334. The van der Waals surface area contributed by atoms with Crippen molar-refractivity contribution < 1.29 is 8.42 Å². The van der Waals surface area contributed by atoms with Gasteiger partial charge in [0.05, 0.1) is 6.26 Å². The predicted octanol–water partition coefficient (Wildman–Crippen LogP) is 0.363. The summed E-state index contributed by atoms with van der Waals surface area (Å²) >= 11 is 0. The number of guanidine groups is 1. The molecule has 2 N–H and O–H groups in total. The fraction of sp³-hybridized carbons (Fsp3) is 0.800. The lowest BCUT2D eigenvalue weighted by molar-refractivity contribution is 0.387. The summed E-state index contributed by atoms with van der Waals surface area (Å²) in [7, 11) is -1.24. The number of halogens is 1. The summed E-state index contributed by atoms with van der Waals surface area (Å²) in [5.41, 5.74) is 0. The number of nitrogens with one attached hydrogen (secondary N) is 2. The molecule has 11 heteroatoms. The third-order valence-corrected chi connectivity index (χ3v) is 6.07. The van der Waals surface area contributed by atoms with E-state index in [9.17, 15) is 8.42 Å². The van der Waals surface area contributed by atoms with Crippen LogP contribution in [0.15, 0.2) is 4.99 Å². The monoisotopic (exact) mass is 497 g/mol. The lowest BCUT2D eigenvalue weighted by Gasteiger charge is -2.23. The highest BCUT2D eigenvalue weighted by molar-refractivity contribution is 14.0. The van der Waals surface area contributed by atoms with E-state index in [1.54, 1.807) is 4.31 Å². The van der Waals surface area contributed by atoms with Crippen molar-refractivity contribution in [2.24, 2.45) is 12.0 Å². The normalized spacial score (nSPS) is 21.5. The number of hydrogen-bond acceptors (Lipinski definition) is 5. The van der Waals surface area contributed by atoms with Crippen LogP contribution in [0.1, 0.15) is 37.3 Å². The SMILES string of the molecule is Cc1nnc(CN=C(NC[C@H]2CCCN2S(C)(=O)=O)NC2CC2)n1C.I. The third kappa shape index (κ3) is 5.52. The summed E-state index contributed by atoms with van der Waals surface area (Å²) in [6.45, 7) is 3.50. The molecule has 26 heavy (non-hydrogen) atoms. The van der Waals surface area contributed by atoms with Gasteiger partial charge >= 0.3 is 0 Å². The molecular formula is C15H28IN7O2S. The highest BCUT2D eigenvalue weighted by Gasteiger charge is 2.31. The van der Waals surface area contributed by atoms with Crippen LogP contribution in [-0.4, -0.2) is 64.9 Å². The van der Waals surface area contributed by atoms with E-state index >= 15 is 0 Å². The molecule has 1 aliphatic heterocycles. The summed E-state index contributed by atoms with van der Waals surface area (Å²) in [5, 5.41) is 14.9. The number of nitrogens with zero attached hydrogens (tertiary/aromatic N) is 5. The van der Waals surface area contributed by atoms with E-state index in [4.69, 9.17) is 0 Å². The minimum atomic E-state index is -3.16. The van der Waals surface area contributed by atoms with Crippen molar-refractivity contribution >= 4 is 40.0 Å². The minimum absolute atomic E-state index is 0. The van der Waals surface area contributed by atoms with Crippen LogP contribution < -0.4 is 10.6 Å². The van der Waals surface area contributed by atoms with E-state index < -0.39 is 10.0 Å². The molecule has 9 nitrogen and oxygen atoms in total. The minimum Gasteiger partial charge on any atom is -0.355 e. The van der Waals surface area contributed by atoms with Gasteiger partial charge in [0.25, 0.3) is 0 Å². The smallest absolute Gasteiger partial charge is 0.211 e. The molecule has 1 aliphatic carbocycles. The number of aromatic nitrogens is 3. The first-order valence-corrected chi connectivity index (χ1v) is 10.6. The van der Waals surface area contributed by atoms with Crippen LogP contribution in [0.3, 0.4) is 0 Å². The first-order valence-electron chi connectivity index (χ1n) is 8.71. The third-order valence-electron chi connectivity index (χ3n) is 4.73. The van der Waals surface area contributed by atoms with Crippen molar-refractivity contribution in [3.05, 3.63) is 11.6 Å². The van der Waals surface area contributed by atoms with Gasteiger partial charge in [0, 0.05) is 32.2 Å². The van der Waals surface area contributed by atoms with Crippen molar-refractivity contribution in [1.82, 2.24) is 29.7 Å². The van der Waals surface area contributed by atoms with Gasteiger partial charge < -0.3 is 15.2 Å². The largest absolute Gasteiger partial charge is 0.355 e. The molecule has 148 valence electrons. The lowest BCUT2D eigenvalue weighted by Crippen LogP contribution is -2.46. The molecule has 0 amide bonds. The summed E-state index contributed by atoms with van der Waals surface area (Å²) in [4.78, 5) is 4.60. The van der Waals surface area contributed by atoms with Gasteiger partial charge in [-0.15, -0.1) is 34.2 Å². The molecule has 1 aromatic rings. The highest BCUT2D eigenvalue weighted by atomic mass is 127. The van der Waals surface area contributed by atoms with Crippen LogP contribution in [-0.2, 0) is 23.6 Å². The summed E-state index contributed by atoms with van der Waals surface area (Å²) in [6.07, 6.45) is 5.34. The van der Waals surface area contributed by atoms with Crippen molar-refractivity contribution in [2.75, 3.05) is 19.3 Å². The second-order valence-corrected chi connectivity index (χ2v) is 8.79. The number of hydrogen-bond donors (Lipinski definition) is 2. The number of aliphatic imine (C=N–C) groups is 1. The zero-order valence-corrected chi connectivity index (χ0v) is 18.6. The first-order chi connectivity index (χ1) is 11.8. The molecule has 0 radical (unpaired) electrons. The highest BCUT2D eigenvalue weighted by Crippen LogP contribution is 2.20. The molecule has 2 heterocycles. The second-order valence-electron chi connectivity index (χ2n) is 6.86. The van der Waals surface area contributed by atoms with E-state index in [0.29, 0.717) is 31.6 Å². The predicted molar refractivity (Wildman–Crippen MR) is 111 cm³/mol. The molecule has 2 fully saturated rings. The fourth-order valence-corrected chi connectivity index (χ4v) is 4.16. The van der Waals surface area contributed by atoms with E-state index in [0.717, 1.165) is 37.3 Å². The maximum Gasteiger partial charge on any atom is 0.211 e. The molecule has 1 saturated carbocycles. The second kappa shape index (κ2) is 8.83. The Morgan fingerprint density at radius 2 is 2.04 bits per heavy atom. The Bertz CT molecular complexity index is 745. The van der Waals surface area contributed by atoms with E-state index in [1.807, 2.05) is 18.5 Å². The van der Waals surface area contributed by atoms with Gasteiger partial charge in [0.1, 0.15) is 12.4 Å². The zero-order valence-electron chi connectivity index (χ0n) is 15.5. The molecule has 0 bridgehead atoms. The lowest BCUT2D eigenvalue weighted by atomic mass is 10.2. The van der Waals surface area contributed by atoms with Crippen LogP contribution >= 0.6 is 24.0 Å². The molecule has 0 unspecified atom stereocenters. The van der Waals surface area contributed by atoms with Crippen molar-refractivity contribution in [1.29, 1.82) is 0 Å². The topological polar surface area (TPSA) is 105 Å². The average Bonchev–Trinajstić information content (AvgIpc) is 3.12. The van der Waals surface area contributed by atoms with Crippen LogP contribution in [0.2, 0.25) is 0 Å². The fourth-order valence-electron chi connectivity index (χ4n) is 2.98. The van der Waals surface area contributed by atoms with Gasteiger partial charge in [0.15, 0.2) is 11.8 Å². The number of aryl methyl sites for hydroxylation is 1. The summed E-state index contributed by atoms with van der Waals surface area (Å²) in [5.74, 6) is 2.36. The zero-order chi connectivity index (χ0) is 18.0. The van der Waals surface area contributed by atoms with Gasteiger partial charge in [-0.3, -0.25) is 0 Å². The molecule has 1 aromatic heterocycles. The van der Waals surface area contributed by atoms with Crippen LogP contribution in [0, 0.1) is 6.92 Å². The van der Waals surface area contributed by atoms with Crippen molar-refractivity contribution in [3.63, 3.8) is 0 Å². The molecule has 3 rings (SSSR count). The van der Waals surface area contributed by atoms with Gasteiger partial charge in [-0.05, 0) is 32.6 Å². The van der Waals surface area contributed by atoms with E-state index in [2.05, 4.69) is 25.8 Å². The Balaban J connectivity index is 0.00000243. The van der Waals surface area contributed by atoms with Crippen molar-refractivity contribution in [2.45, 2.75) is 51.2 Å². The van der Waals surface area contributed by atoms with Gasteiger partial charge in [-0.2, -0.15) is 4.31 Å². The molecule has 0 spiro atoms. The average molecular weight is 497 g/mol. The van der Waals surface area contributed by atoms with Gasteiger partial charge in [0.2, 0.25) is 10.0 Å². The maximum absolute atomic E-state index is 11.9. The first kappa shape index (κ1) is 21.4. The Morgan fingerprint density at radius 1 is 1.31 bits per heavy atom. The van der Waals surface area contributed by atoms with Crippen LogP contribution in [0.25, 0.3) is 0 Å². The Hall–Kier alpha value is -0.950. The Labute approximate surface area is 172 Å². The van der Waals surface area contributed by atoms with Crippen LogP contribution in [0.4, 0.5) is 0 Å². The van der Waals surface area contributed by atoms with E-state index in [-0.39, 0.29) is 30.0 Å². The Kier molecular flexibility index (Phi) is 7.25. The molecule has 1 saturated heterocycles. The molecule has 0 aromatic carbocycles. The van der Waals surface area contributed by atoms with Gasteiger partial charge in [-0.25, -0.2) is 13.4 Å². The summed E-state index contributed by atoms with van der Waals surface area (Å²) < 4.78 is 27.2.